The number of amides is 1. The number of nitrogens with zero attached hydrogens (tertiary/aromatic N) is 4. The van der Waals surface area contributed by atoms with Crippen molar-refractivity contribution in [2.75, 3.05) is 13.1 Å². The number of halogens is 3. The van der Waals surface area contributed by atoms with Crippen LogP contribution in [0, 0.1) is 6.92 Å². The van der Waals surface area contributed by atoms with E-state index in [4.69, 9.17) is 4.98 Å². The van der Waals surface area contributed by atoms with Crippen molar-refractivity contribution in [1.82, 2.24) is 19.7 Å². The molecule has 0 N–H and O–H groups in total. The molecule has 3 heterocycles. The van der Waals surface area contributed by atoms with Crippen LogP contribution in [-0.2, 0) is 17.5 Å². The van der Waals surface area contributed by atoms with Crippen molar-refractivity contribution in [2.45, 2.75) is 38.4 Å². The molecule has 0 aliphatic carbocycles. The first kappa shape index (κ1) is 24.2. The Morgan fingerprint density at radius 2 is 1.86 bits per heavy atom. The van der Waals surface area contributed by atoms with Gasteiger partial charge in [0, 0.05) is 30.1 Å². The Kier molecular flexibility index (Phi) is 6.66. The lowest BCUT2D eigenvalue weighted by molar-refractivity contribution is -0.142. The maximum Gasteiger partial charge on any atom is 0.435 e. The molecular weight excluding hydrogens is 485 g/mol. The number of carbonyl (C=O) groups is 1. The molecule has 1 saturated heterocycles. The number of thiazole rings is 1. The van der Waals surface area contributed by atoms with Crippen molar-refractivity contribution >= 4 is 40.2 Å². The molecule has 1 aliphatic heterocycles. The molecule has 0 radical (unpaired) electrons. The summed E-state index contributed by atoms with van der Waals surface area (Å²) in [4.78, 5) is 19.2. The standard InChI is InChI=1S/C27H25F3N4OS/c1-18-15-24(27(28,29)30)32-34(18)16-25(35)33-13-11-21(12-14-33)26-31-22(17-36-26)10-9-20-7-4-6-19-5-2-3-8-23(19)20/h2-10,15,17,21H,11-14,16H2,1H3/b10-9+. The van der Waals surface area contributed by atoms with Gasteiger partial charge in [0.05, 0.1) is 10.7 Å². The summed E-state index contributed by atoms with van der Waals surface area (Å²) in [5.74, 6) is 0.0493. The van der Waals surface area contributed by atoms with Crippen molar-refractivity contribution in [3.63, 3.8) is 0 Å². The molecule has 0 saturated carbocycles. The van der Waals surface area contributed by atoms with Crippen LogP contribution in [0.3, 0.4) is 0 Å². The smallest absolute Gasteiger partial charge is 0.341 e. The quantitative estimate of drug-likeness (QED) is 0.312. The molecular formula is C27H25F3N4OS. The molecule has 0 spiro atoms. The van der Waals surface area contributed by atoms with Crippen molar-refractivity contribution < 1.29 is 18.0 Å². The number of aryl methyl sites for hydroxylation is 1. The number of carbonyl (C=O) groups excluding carboxylic acids is 1. The van der Waals surface area contributed by atoms with Crippen LogP contribution in [-0.4, -0.2) is 38.7 Å². The number of hydrogen-bond donors (Lipinski definition) is 0. The lowest BCUT2D eigenvalue weighted by atomic mass is 9.97. The Morgan fingerprint density at radius 3 is 2.61 bits per heavy atom. The maximum atomic E-state index is 12.9. The molecule has 0 unspecified atom stereocenters. The fourth-order valence-electron chi connectivity index (χ4n) is 4.55. The van der Waals surface area contributed by atoms with E-state index in [2.05, 4.69) is 35.4 Å². The highest BCUT2D eigenvalue weighted by atomic mass is 32.1. The second kappa shape index (κ2) is 9.89. The summed E-state index contributed by atoms with van der Waals surface area (Å²) in [5.41, 5.74) is 1.40. The van der Waals surface area contributed by atoms with E-state index < -0.39 is 11.9 Å². The van der Waals surface area contributed by atoms with Crippen molar-refractivity contribution in [3.8, 4) is 0 Å². The zero-order valence-electron chi connectivity index (χ0n) is 19.7. The topological polar surface area (TPSA) is 51.0 Å². The van der Waals surface area contributed by atoms with Crippen LogP contribution < -0.4 is 0 Å². The van der Waals surface area contributed by atoms with E-state index in [0.717, 1.165) is 39.9 Å². The van der Waals surface area contributed by atoms with Crippen LogP contribution in [0.1, 0.15) is 46.4 Å². The minimum Gasteiger partial charge on any atom is -0.341 e. The van der Waals surface area contributed by atoms with Gasteiger partial charge in [0.2, 0.25) is 5.91 Å². The van der Waals surface area contributed by atoms with Crippen LogP contribution in [0.25, 0.3) is 22.9 Å². The Bertz CT molecular complexity index is 1410. The van der Waals surface area contributed by atoms with Gasteiger partial charge in [-0.1, -0.05) is 48.5 Å². The van der Waals surface area contributed by atoms with Crippen molar-refractivity contribution in [1.29, 1.82) is 0 Å². The fourth-order valence-corrected chi connectivity index (χ4v) is 5.51. The summed E-state index contributed by atoms with van der Waals surface area (Å²) >= 11 is 1.63. The van der Waals surface area contributed by atoms with Gasteiger partial charge in [-0.15, -0.1) is 11.3 Å². The van der Waals surface area contributed by atoms with Gasteiger partial charge < -0.3 is 4.90 Å². The van der Waals surface area contributed by atoms with Gasteiger partial charge in [-0.2, -0.15) is 18.3 Å². The lowest BCUT2D eigenvalue weighted by Gasteiger charge is -2.31. The molecule has 5 nitrogen and oxygen atoms in total. The van der Waals surface area contributed by atoms with Gasteiger partial charge in [0.1, 0.15) is 6.54 Å². The maximum absolute atomic E-state index is 12.9. The SMILES string of the molecule is Cc1cc(C(F)(F)F)nn1CC(=O)N1CCC(c2nc(/C=C/c3cccc4ccccc34)cs2)CC1. The first-order valence-corrected chi connectivity index (χ1v) is 12.7. The highest BCUT2D eigenvalue weighted by Gasteiger charge is 2.35. The van der Waals surface area contributed by atoms with Crippen LogP contribution >= 0.6 is 11.3 Å². The highest BCUT2D eigenvalue weighted by Crippen LogP contribution is 2.32. The minimum atomic E-state index is -4.52. The number of rotatable bonds is 5. The molecule has 4 aromatic rings. The monoisotopic (exact) mass is 510 g/mol. The van der Waals surface area contributed by atoms with E-state index in [1.54, 1.807) is 16.2 Å². The minimum absolute atomic E-state index is 0.188. The zero-order chi connectivity index (χ0) is 25.3. The van der Waals surface area contributed by atoms with Gasteiger partial charge >= 0.3 is 6.18 Å². The number of alkyl halides is 3. The van der Waals surface area contributed by atoms with Crippen LogP contribution in [0.2, 0.25) is 0 Å². The number of likely N-dealkylation sites (tertiary alicyclic amines) is 1. The van der Waals surface area contributed by atoms with E-state index >= 15 is 0 Å². The Labute approximate surface area is 210 Å². The molecule has 2 aromatic carbocycles. The van der Waals surface area contributed by atoms with Gasteiger partial charge in [-0.3, -0.25) is 9.48 Å². The number of aromatic nitrogens is 3. The number of fused-ring (bicyclic) bond motifs is 1. The predicted octanol–water partition coefficient (Wildman–Crippen LogP) is 6.40. The number of piperidine rings is 1. The largest absolute Gasteiger partial charge is 0.435 e. The molecule has 1 amide bonds. The second-order valence-electron chi connectivity index (χ2n) is 8.99. The Balaban J connectivity index is 1.19. The zero-order valence-corrected chi connectivity index (χ0v) is 20.5. The lowest BCUT2D eigenvalue weighted by Crippen LogP contribution is -2.40. The van der Waals surface area contributed by atoms with E-state index in [0.29, 0.717) is 18.8 Å². The molecule has 5 rings (SSSR count). The van der Waals surface area contributed by atoms with E-state index in [1.165, 1.54) is 17.7 Å². The van der Waals surface area contributed by atoms with Gasteiger partial charge in [-0.05, 0) is 48.2 Å². The molecule has 2 aromatic heterocycles. The average Bonchev–Trinajstić information content (AvgIpc) is 3.49. The highest BCUT2D eigenvalue weighted by molar-refractivity contribution is 7.09. The summed E-state index contributed by atoms with van der Waals surface area (Å²) in [6.07, 6.45) is 1.15. The summed E-state index contributed by atoms with van der Waals surface area (Å²) in [6.45, 7) is 2.44. The predicted molar refractivity (Wildman–Crippen MR) is 136 cm³/mol. The number of hydrogen-bond acceptors (Lipinski definition) is 4. The summed E-state index contributed by atoms with van der Waals surface area (Å²) in [6, 6.07) is 15.5. The first-order valence-electron chi connectivity index (χ1n) is 11.8. The molecule has 186 valence electrons. The molecule has 1 aliphatic rings. The second-order valence-corrected chi connectivity index (χ2v) is 9.88. The van der Waals surface area contributed by atoms with E-state index in [-0.39, 0.29) is 18.4 Å². The summed E-state index contributed by atoms with van der Waals surface area (Å²) in [5, 5.41) is 9.06. The molecule has 0 atom stereocenters. The molecule has 1 fully saturated rings. The third-order valence-electron chi connectivity index (χ3n) is 6.55. The summed E-state index contributed by atoms with van der Waals surface area (Å²) in [7, 11) is 0. The van der Waals surface area contributed by atoms with Gasteiger partial charge in [-0.25, -0.2) is 4.98 Å². The molecule has 0 bridgehead atoms. The number of benzene rings is 2. The van der Waals surface area contributed by atoms with E-state index in [9.17, 15) is 18.0 Å². The summed E-state index contributed by atoms with van der Waals surface area (Å²) < 4.78 is 39.8. The van der Waals surface area contributed by atoms with Gasteiger partial charge in [0.25, 0.3) is 0 Å². The van der Waals surface area contributed by atoms with Crippen LogP contribution in [0.4, 0.5) is 13.2 Å². The van der Waals surface area contributed by atoms with Crippen LogP contribution in [0.15, 0.2) is 53.9 Å². The van der Waals surface area contributed by atoms with Gasteiger partial charge in [0.15, 0.2) is 5.69 Å². The van der Waals surface area contributed by atoms with E-state index in [1.807, 2.05) is 29.7 Å². The normalized spacial score (nSPS) is 15.3. The van der Waals surface area contributed by atoms with Crippen molar-refractivity contribution in [3.05, 3.63) is 81.6 Å². The Hall–Kier alpha value is -3.46. The average molecular weight is 511 g/mol. The Morgan fingerprint density at radius 1 is 1.11 bits per heavy atom. The fraction of sp³-hybridized carbons (Fsp3) is 0.296. The van der Waals surface area contributed by atoms with Crippen molar-refractivity contribution in [2.24, 2.45) is 0 Å². The molecule has 36 heavy (non-hydrogen) atoms. The first-order chi connectivity index (χ1) is 17.3. The van der Waals surface area contributed by atoms with Crippen LogP contribution in [0.5, 0.6) is 0 Å². The third kappa shape index (κ3) is 5.21. The third-order valence-corrected chi connectivity index (χ3v) is 7.58. The molecule has 9 heteroatoms.